The largest absolute Gasteiger partial charge is 0.396 e. The van der Waals surface area contributed by atoms with E-state index >= 15 is 0 Å². The first-order chi connectivity index (χ1) is 12.2. The summed E-state index contributed by atoms with van der Waals surface area (Å²) in [6.07, 6.45) is 4.48. The van der Waals surface area contributed by atoms with E-state index in [1.54, 1.807) is 35.0 Å². The molecule has 0 unspecified atom stereocenters. The maximum atomic E-state index is 14.0. The number of nitrogens with two attached hydrogens (primary N) is 1. The van der Waals surface area contributed by atoms with E-state index in [1.165, 1.54) is 24.7 Å². The molecule has 8 heteroatoms. The molecule has 0 atom stereocenters. The summed E-state index contributed by atoms with van der Waals surface area (Å²) in [4.78, 5) is 8.36. The van der Waals surface area contributed by atoms with E-state index in [9.17, 15) is 4.39 Å². The molecule has 0 spiro atoms. The van der Waals surface area contributed by atoms with Gasteiger partial charge in [0.15, 0.2) is 5.82 Å². The Morgan fingerprint density at radius 3 is 2.60 bits per heavy atom. The first-order valence-electron chi connectivity index (χ1n) is 7.50. The lowest BCUT2D eigenvalue weighted by Gasteiger charge is -2.06. The van der Waals surface area contributed by atoms with Crippen LogP contribution in [0.1, 0.15) is 5.56 Å². The highest BCUT2D eigenvalue weighted by Crippen LogP contribution is 2.24. The van der Waals surface area contributed by atoms with Crippen molar-refractivity contribution in [2.45, 2.75) is 6.54 Å². The Kier molecular flexibility index (Phi) is 3.70. The Bertz CT molecular complexity index is 994. The molecule has 25 heavy (non-hydrogen) atoms. The number of halogens is 1. The van der Waals surface area contributed by atoms with E-state index in [1.807, 2.05) is 0 Å². The molecular weight excluding hydrogens is 323 g/mol. The molecule has 0 bridgehead atoms. The number of benzene rings is 1. The zero-order valence-corrected chi connectivity index (χ0v) is 13.0. The molecule has 4 rings (SSSR count). The number of nitrogen functional groups attached to an aromatic ring is 1. The van der Waals surface area contributed by atoms with Crippen molar-refractivity contribution in [2.75, 3.05) is 5.73 Å². The second kappa shape index (κ2) is 6.16. The molecule has 3 heterocycles. The standard InChI is InChI=1S/C17H13FN6O/c18-13-4-2-1-3-11(13)10-24-16(14-5-6-25-23-14)7-15(22-24)17-20-8-12(19)9-21-17/h1-9H,10,19H2. The predicted molar refractivity (Wildman–Crippen MR) is 88.7 cm³/mol. The van der Waals surface area contributed by atoms with Crippen molar-refractivity contribution in [1.82, 2.24) is 24.9 Å². The number of rotatable bonds is 4. The number of hydrogen-bond acceptors (Lipinski definition) is 6. The van der Waals surface area contributed by atoms with Crippen molar-refractivity contribution in [3.8, 4) is 22.9 Å². The monoisotopic (exact) mass is 336 g/mol. The quantitative estimate of drug-likeness (QED) is 0.615. The smallest absolute Gasteiger partial charge is 0.180 e. The van der Waals surface area contributed by atoms with Gasteiger partial charge in [0, 0.05) is 11.6 Å². The second-order valence-corrected chi connectivity index (χ2v) is 5.39. The highest BCUT2D eigenvalue weighted by molar-refractivity contribution is 5.62. The van der Waals surface area contributed by atoms with Gasteiger partial charge in [0.2, 0.25) is 0 Å². The van der Waals surface area contributed by atoms with Gasteiger partial charge in [0.25, 0.3) is 0 Å². The maximum Gasteiger partial charge on any atom is 0.180 e. The van der Waals surface area contributed by atoms with Gasteiger partial charge in [-0.1, -0.05) is 23.4 Å². The first-order valence-corrected chi connectivity index (χ1v) is 7.50. The average molecular weight is 336 g/mol. The molecule has 1 aromatic carbocycles. The minimum absolute atomic E-state index is 0.240. The lowest BCUT2D eigenvalue weighted by Crippen LogP contribution is -2.06. The molecule has 4 aromatic rings. The van der Waals surface area contributed by atoms with Crippen LogP contribution in [0.3, 0.4) is 0 Å². The Morgan fingerprint density at radius 1 is 1.08 bits per heavy atom. The molecule has 0 amide bonds. The fourth-order valence-electron chi connectivity index (χ4n) is 2.46. The van der Waals surface area contributed by atoms with E-state index in [0.29, 0.717) is 34.2 Å². The summed E-state index contributed by atoms with van der Waals surface area (Å²) in [5.74, 6) is 0.126. The molecule has 0 aliphatic carbocycles. The number of hydrogen-bond donors (Lipinski definition) is 1. The van der Waals surface area contributed by atoms with Crippen molar-refractivity contribution in [3.05, 3.63) is 66.4 Å². The summed E-state index contributed by atoms with van der Waals surface area (Å²) in [5.41, 5.74) is 8.40. The van der Waals surface area contributed by atoms with Crippen LogP contribution < -0.4 is 5.73 Å². The number of nitrogens with zero attached hydrogens (tertiary/aromatic N) is 5. The molecule has 0 aliphatic heterocycles. The molecule has 3 aromatic heterocycles. The summed E-state index contributed by atoms with van der Waals surface area (Å²) in [6, 6.07) is 10.0. The van der Waals surface area contributed by atoms with Crippen molar-refractivity contribution in [3.63, 3.8) is 0 Å². The third-order valence-electron chi connectivity index (χ3n) is 3.66. The predicted octanol–water partition coefficient (Wildman–Crippen LogP) is 2.76. The van der Waals surface area contributed by atoms with Crippen LogP contribution in [0.2, 0.25) is 0 Å². The zero-order valence-electron chi connectivity index (χ0n) is 13.0. The van der Waals surface area contributed by atoms with E-state index < -0.39 is 0 Å². The Balaban J connectivity index is 1.79. The number of anilines is 1. The highest BCUT2D eigenvalue weighted by atomic mass is 19.1. The van der Waals surface area contributed by atoms with Gasteiger partial charge < -0.3 is 10.3 Å². The van der Waals surface area contributed by atoms with Crippen LogP contribution in [-0.2, 0) is 6.54 Å². The summed E-state index contributed by atoms with van der Waals surface area (Å²) in [5, 5.41) is 8.45. The van der Waals surface area contributed by atoms with Gasteiger partial charge >= 0.3 is 0 Å². The molecule has 0 radical (unpaired) electrons. The fourth-order valence-corrected chi connectivity index (χ4v) is 2.46. The van der Waals surface area contributed by atoms with Gasteiger partial charge in [-0.3, -0.25) is 4.68 Å². The van der Waals surface area contributed by atoms with Gasteiger partial charge in [-0.2, -0.15) is 5.10 Å². The number of aromatic nitrogens is 5. The summed E-state index contributed by atoms with van der Waals surface area (Å²) < 4.78 is 20.6. The van der Waals surface area contributed by atoms with Crippen molar-refractivity contribution in [2.24, 2.45) is 0 Å². The minimum atomic E-state index is -0.297. The van der Waals surface area contributed by atoms with Gasteiger partial charge in [0.05, 0.1) is 30.3 Å². The first kappa shape index (κ1) is 15.0. The second-order valence-electron chi connectivity index (χ2n) is 5.39. The van der Waals surface area contributed by atoms with Gasteiger partial charge in [0.1, 0.15) is 23.5 Å². The van der Waals surface area contributed by atoms with Crippen LogP contribution in [0.4, 0.5) is 10.1 Å². The lowest BCUT2D eigenvalue weighted by molar-refractivity contribution is 0.421. The van der Waals surface area contributed by atoms with E-state index in [0.717, 1.165) is 0 Å². The lowest BCUT2D eigenvalue weighted by atomic mass is 10.2. The Labute approximate surface area is 141 Å². The van der Waals surface area contributed by atoms with Crippen LogP contribution in [0.5, 0.6) is 0 Å². The Hall–Kier alpha value is -3.55. The zero-order chi connectivity index (χ0) is 17.2. The molecular formula is C17H13FN6O. The molecule has 124 valence electrons. The summed E-state index contributed by atoms with van der Waals surface area (Å²) >= 11 is 0. The van der Waals surface area contributed by atoms with Gasteiger partial charge in [-0.05, 0) is 12.1 Å². The van der Waals surface area contributed by atoms with E-state index in [-0.39, 0.29) is 12.4 Å². The van der Waals surface area contributed by atoms with Crippen molar-refractivity contribution >= 4 is 5.69 Å². The average Bonchev–Trinajstić information content (AvgIpc) is 3.27. The molecule has 7 nitrogen and oxygen atoms in total. The SMILES string of the molecule is Nc1cnc(-c2cc(-c3ccon3)n(Cc3ccccc3F)n2)nc1. The van der Waals surface area contributed by atoms with Crippen LogP contribution >= 0.6 is 0 Å². The van der Waals surface area contributed by atoms with Gasteiger partial charge in [-0.15, -0.1) is 0 Å². The molecule has 0 saturated heterocycles. The summed E-state index contributed by atoms with van der Waals surface area (Å²) in [7, 11) is 0. The van der Waals surface area contributed by atoms with Crippen molar-refractivity contribution < 1.29 is 8.91 Å². The molecule has 0 saturated carbocycles. The normalized spacial score (nSPS) is 10.9. The van der Waals surface area contributed by atoms with E-state index in [2.05, 4.69) is 20.2 Å². The van der Waals surface area contributed by atoms with Crippen molar-refractivity contribution in [1.29, 1.82) is 0 Å². The molecule has 2 N–H and O–H groups in total. The highest BCUT2D eigenvalue weighted by Gasteiger charge is 2.16. The minimum Gasteiger partial charge on any atom is -0.396 e. The summed E-state index contributed by atoms with van der Waals surface area (Å²) in [6.45, 7) is 0.240. The molecule has 0 fully saturated rings. The molecule has 0 aliphatic rings. The van der Waals surface area contributed by atoms with Crippen LogP contribution in [-0.4, -0.2) is 24.9 Å². The third-order valence-corrected chi connectivity index (χ3v) is 3.66. The maximum absolute atomic E-state index is 14.0. The van der Waals surface area contributed by atoms with E-state index in [4.69, 9.17) is 10.3 Å². The fraction of sp³-hybridized carbons (Fsp3) is 0.0588. The van der Waals surface area contributed by atoms with Crippen LogP contribution in [0, 0.1) is 5.82 Å². The Morgan fingerprint density at radius 2 is 1.88 bits per heavy atom. The van der Waals surface area contributed by atoms with Gasteiger partial charge in [-0.25, -0.2) is 14.4 Å². The third kappa shape index (κ3) is 2.97. The van der Waals surface area contributed by atoms with Crippen LogP contribution in [0.25, 0.3) is 22.9 Å². The van der Waals surface area contributed by atoms with Crippen LogP contribution in [0.15, 0.2) is 59.6 Å². The topological polar surface area (TPSA) is 95.7 Å².